The van der Waals surface area contributed by atoms with E-state index in [2.05, 4.69) is 15.9 Å². The zero-order chi connectivity index (χ0) is 25.9. The number of benzene rings is 4. The fourth-order valence-electron chi connectivity index (χ4n) is 5.35. The van der Waals surface area contributed by atoms with Crippen molar-refractivity contribution >= 4 is 15.9 Å². The fraction of sp³-hybridized carbons (Fsp3) is 0.226. The number of aliphatic hydroxyl groups excluding tert-OH is 1. The van der Waals surface area contributed by atoms with Crippen LogP contribution in [0.1, 0.15) is 22.3 Å². The maximum Gasteiger partial charge on any atom is 0.143 e. The standard InChI is InChI=1S/C31H29BrFNO3/c32-25-16-17-28(33)26(18-25)30(34)21-36-29(27(30)19-35)20-37-31(22-10-4-1-5-11-22,23-12-6-2-7-13-23)24-14-8-3-9-15-24/h1-18,27,29,35H,19-21,34H2/t27-,29-,30-/m0/s1. The maximum absolute atomic E-state index is 14.9. The highest BCUT2D eigenvalue weighted by Gasteiger charge is 2.50. The lowest BCUT2D eigenvalue weighted by atomic mass is 9.78. The van der Waals surface area contributed by atoms with Crippen LogP contribution in [0.5, 0.6) is 0 Å². The normalized spacial score (nSPS) is 21.7. The molecule has 190 valence electrons. The Kier molecular flexibility index (Phi) is 7.56. The van der Waals surface area contributed by atoms with Gasteiger partial charge in [-0.25, -0.2) is 4.39 Å². The van der Waals surface area contributed by atoms with Gasteiger partial charge in [-0.05, 0) is 34.9 Å². The fourth-order valence-corrected chi connectivity index (χ4v) is 5.71. The van der Waals surface area contributed by atoms with Gasteiger partial charge in [0.05, 0.1) is 31.5 Å². The van der Waals surface area contributed by atoms with Gasteiger partial charge in [0.1, 0.15) is 11.4 Å². The second-order valence-corrected chi connectivity index (χ2v) is 10.3. The van der Waals surface area contributed by atoms with E-state index in [1.807, 2.05) is 91.0 Å². The molecule has 1 aliphatic rings. The molecule has 0 saturated carbocycles. The molecule has 1 saturated heterocycles. The third-order valence-corrected chi connectivity index (χ3v) is 7.77. The summed E-state index contributed by atoms with van der Waals surface area (Å²) in [4.78, 5) is 0. The summed E-state index contributed by atoms with van der Waals surface area (Å²) in [6.45, 7) is -0.0708. The molecule has 37 heavy (non-hydrogen) atoms. The molecule has 1 aliphatic heterocycles. The summed E-state index contributed by atoms with van der Waals surface area (Å²) in [6.07, 6.45) is -0.552. The molecular formula is C31H29BrFNO3. The maximum atomic E-state index is 14.9. The molecule has 0 bridgehead atoms. The van der Waals surface area contributed by atoms with E-state index in [1.165, 1.54) is 6.07 Å². The Morgan fingerprint density at radius 1 is 0.892 bits per heavy atom. The molecule has 4 nitrogen and oxygen atoms in total. The van der Waals surface area contributed by atoms with Crippen molar-refractivity contribution < 1.29 is 19.0 Å². The van der Waals surface area contributed by atoms with E-state index in [0.29, 0.717) is 10.0 Å². The molecule has 6 heteroatoms. The van der Waals surface area contributed by atoms with Crippen LogP contribution in [0, 0.1) is 11.7 Å². The van der Waals surface area contributed by atoms with Gasteiger partial charge in [0.25, 0.3) is 0 Å². The first kappa shape index (κ1) is 25.8. The largest absolute Gasteiger partial charge is 0.396 e. The lowest BCUT2D eigenvalue weighted by Gasteiger charge is -2.38. The quantitative estimate of drug-likeness (QED) is 0.268. The van der Waals surface area contributed by atoms with Gasteiger partial charge >= 0.3 is 0 Å². The number of nitrogens with two attached hydrogens (primary N) is 1. The minimum atomic E-state index is -1.20. The van der Waals surface area contributed by atoms with E-state index in [4.69, 9.17) is 15.2 Å². The lowest BCUT2D eigenvalue weighted by Crippen LogP contribution is -2.48. The van der Waals surface area contributed by atoms with Gasteiger partial charge in [-0.15, -0.1) is 0 Å². The first-order valence-corrected chi connectivity index (χ1v) is 13.1. The van der Waals surface area contributed by atoms with Gasteiger partial charge in [0, 0.05) is 16.0 Å². The van der Waals surface area contributed by atoms with Gasteiger partial charge < -0.3 is 20.3 Å². The molecule has 1 heterocycles. The van der Waals surface area contributed by atoms with Crippen LogP contribution in [0.15, 0.2) is 114 Å². The van der Waals surface area contributed by atoms with Crippen molar-refractivity contribution in [2.45, 2.75) is 17.2 Å². The van der Waals surface area contributed by atoms with E-state index >= 15 is 0 Å². The van der Waals surface area contributed by atoms with Crippen molar-refractivity contribution in [3.63, 3.8) is 0 Å². The predicted octanol–water partition coefficient (Wildman–Crippen LogP) is 5.76. The molecule has 0 amide bonds. The molecule has 4 aromatic rings. The average molecular weight is 562 g/mol. The van der Waals surface area contributed by atoms with E-state index in [1.54, 1.807) is 12.1 Å². The van der Waals surface area contributed by atoms with Crippen molar-refractivity contribution in [2.24, 2.45) is 11.7 Å². The Balaban J connectivity index is 1.55. The topological polar surface area (TPSA) is 64.7 Å². The van der Waals surface area contributed by atoms with Crippen molar-refractivity contribution in [1.82, 2.24) is 0 Å². The lowest BCUT2D eigenvalue weighted by molar-refractivity contribution is -0.0603. The zero-order valence-corrected chi connectivity index (χ0v) is 21.9. The van der Waals surface area contributed by atoms with E-state index in [0.717, 1.165) is 16.7 Å². The van der Waals surface area contributed by atoms with Crippen LogP contribution < -0.4 is 5.73 Å². The van der Waals surface area contributed by atoms with Crippen molar-refractivity contribution in [3.8, 4) is 0 Å². The number of rotatable bonds is 8. The number of ether oxygens (including phenoxy) is 2. The molecule has 0 radical (unpaired) electrons. The van der Waals surface area contributed by atoms with Gasteiger partial charge in [0.2, 0.25) is 0 Å². The summed E-state index contributed by atoms with van der Waals surface area (Å²) < 4.78 is 28.6. The van der Waals surface area contributed by atoms with Gasteiger partial charge in [0.15, 0.2) is 0 Å². The Morgan fingerprint density at radius 2 is 1.41 bits per heavy atom. The Hall–Kier alpha value is -2.87. The van der Waals surface area contributed by atoms with Crippen molar-refractivity contribution in [2.75, 3.05) is 19.8 Å². The molecule has 5 rings (SSSR count). The molecule has 1 fully saturated rings. The number of halogens is 2. The first-order valence-electron chi connectivity index (χ1n) is 12.3. The van der Waals surface area contributed by atoms with Crippen LogP contribution in [0.2, 0.25) is 0 Å². The molecule has 0 aliphatic carbocycles. The summed E-state index contributed by atoms with van der Waals surface area (Å²) in [5, 5.41) is 10.4. The third-order valence-electron chi connectivity index (χ3n) is 7.28. The van der Waals surface area contributed by atoms with Crippen LogP contribution >= 0.6 is 15.9 Å². The number of hydrogen-bond acceptors (Lipinski definition) is 4. The molecule has 3 atom stereocenters. The molecule has 0 unspecified atom stereocenters. The molecule has 0 aromatic heterocycles. The van der Waals surface area contributed by atoms with Crippen LogP contribution in [0.4, 0.5) is 4.39 Å². The van der Waals surface area contributed by atoms with E-state index in [-0.39, 0.29) is 19.8 Å². The minimum Gasteiger partial charge on any atom is -0.396 e. The smallest absolute Gasteiger partial charge is 0.143 e. The predicted molar refractivity (Wildman–Crippen MR) is 145 cm³/mol. The monoisotopic (exact) mass is 561 g/mol. The Bertz CT molecular complexity index is 1230. The first-order chi connectivity index (χ1) is 18.0. The van der Waals surface area contributed by atoms with Crippen LogP contribution in [-0.2, 0) is 20.6 Å². The molecule has 0 spiro atoms. The average Bonchev–Trinajstić information content (AvgIpc) is 3.28. The highest BCUT2D eigenvalue weighted by Crippen LogP contribution is 2.43. The van der Waals surface area contributed by atoms with Crippen molar-refractivity contribution in [1.29, 1.82) is 0 Å². The molecule has 3 N–H and O–H groups in total. The highest BCUT2D eigenvalue weighted by molar-refractivity contribution is 9.10. The van der Waals surface area contributed by atoms with Crippen LogP contribution in [0.3, 0.4) is 0 Å². The van der Waals surface area contributed by atoms with Crippen molar-refractivity contribution in [3.05, 3.63) is 142 Å². The van der Waals surface area contributed by atoms with Gasteiger partial charge in [-0.2, -0.15) is 0 Å². The van der Waals surface area contributed by atoms with E-state index in [9.17, 15) is 9.50 Å². The van der Waals surface area contributed by atoms with Crippen LogP contribution in [-0.4, -0.2) is 31.0 Å². The summed E-state index contributed by atoms with van der Waals surface area (Å²) in [6, 6.07) is 34.8. The van der Waals surface area contributed by atoms with Crippen LogP contribution in [0.25, 0.3) is 0 Å². The molecule has 4 aromatic carbocycles. The highest BCUT2D eigenvalue weighted by atomic mass is 79.9. The third kappa shape index (κ3) is 4.76. The van der Waals surface area contributed by atoms with Gasteiger partial charge in [-0.1, -0.05) is 107 Å². The summed E-state index contributed by atoms with van der Waals surface area (Å²) in [5.41, 5.74) is 7.82. The second-order valence-electron chi connectivity index (χ2n) is 9.39. The Labute approximate surface area is 225 Å². The number of hydrogen-bond donors (Lipinski definition) is 2. The summed E-state index contributed by atoms with van der Waals surface area (Å²) in [7, 11) is 0. The SMILES string of the molecule is N[C@]1(c2cc(Br)ccc2F)CO[C@@H](COC(c2ccccc2)(c2ccccc2)c2ccccc2)[C@@H]1CO. The number of aliphatic hydroxyl groups is 1. The Morgan fingerprint density at radius 3 is 1.89 bits per heavy atom. The zero-order valence-electron chi connectivity index (χ0n) is 20.3. The molecular weight excluding hydrogens is 533 g/mol. The summed E-state index contributed by atoms with van der Waals surface area (Å²) >= 11 is 3.41. The minimum absolute atomic E-state index is 0.0641. The summed E-state index contributed by atoms with van der Waals surface area (Å²) in [5.74, 6) is -1.00. The van der Waals surface area contributed by atoms with Gasteiger partial charge in [-0.3, -0.25) is 0 Å². The second kappa shape index (κ2) is 10.9. The van der Waals surface area contributed by atoms with E-state index < -0.39 is 29.0 Å².